The predicted octanol–water partition coefficient (Wildman–Crippen LogP) is 2.45. The summed E-state index contributed by atoms with van der Waals surface area (Å²) in [6, 6.07) is 2.88. The average Bonchev–Trinajstić information content (AvgIpc) is 3.67. The van der Waals surface area contributed by atoms with Crippen LogP contribution in [0.1, 0.15) is 54.1 Å². The molecule has 1 atom stereocenters. The van der Waals surface area contributed by atoms with E-state index in [4.69, 9.17) is 4.74 Å². The fourth-order valence-corrected chi connectivity index (χ4v) is 7.27. The van der Waals surface area contributed by atoms with Gasteiger partial charge in [-0.3, -0.25) is 24.4 Å². The second-order valence-electron chi connectivity index (χ2n) is 9.80. The van der Waals surface area contributed by atoms with Gasteiger partial charge in [0.05, 0.1) is 46.6 Å². The third-order valence-corrected chi connectivity index (χ3v) is 9.84. The molecule has 1 saturated heterocycles. The number of thiazole rings is 1. The van der Waals surface area contributed by atoms with Crippen molar-refractivity contribution in [2.45, 2.75) is 43.9 Å². The highest BCUT2D eigenvalue weighted by Crippen LogP contribution is 2.28. The van der Waals surface area contributed by atoms with Crippen molar-refractivity contribution in [2.75, 3.05) is 44.1 Å². The number of amides is 1. The first-order valence-electron chi connectivity index (χ1n) is 13.5. The number of ether oxygens (including phenoxy) is 1. The molecule has 12 nitrogen and oxygen atoms in total. The Morgan fingerprint density at radius 1 is 1.20 bits per heavy atom. The lowest BCUT2D eigenvalue weighted by Gasteiger charge is -2.31. The molecule has 3 aromatic heterocycles. The molecule has 3 aromatic rings. The van der Waals surface area contributed by atoms with Gasteiger partial charge in [0.15, 0.2) is 5.01 Å². The summed E-state index contributed by atoms with van der Waals surface area (Å²) in [5, 5.41) is 6.32. The minimum atomic E-state index is -3.49. The van der Waals surface area contributed by atoms with Gasteiger partial charge in [0, 0.05) is 45.1 Å². The van der Waals surface area contributed by atoms with Crippen LogP contribution in [0.3, 0.4) is 0 Å². The number of anilines is 1. The van der Waals surface area contributed by atoms with Gasteiger partial charge < -0.3 is 15.4 Å². The van der Waals surface area contributed by atoms with Crippen LogP contribution >= 0.6 is 11.3 Å². The SMILES string of the molecule is CCOc1cncc(-c2cnc(C(=O)NC(CN3CCNCC3)c3cc(NS(=O)(=O)C4CCCC4)ccn3)s2)n1. The monoisotopic (exact) mass is 586 g/mol. The molecule has 1 unspecified atom stereocenters. The number of carbonyl (C=O) groups is 1. The van der Waals surface area contributed by atoms with Gasteiger partial charge in [-0.15, -0.1) is 11.3 Å². The quantitative estimate of drug-likeness (QED) is 0.306. The van der Waals surface area contributed by atoms with Crippen molar-refractivity contribution >= 4 is 33.0 Å². The zero-order valence-corrected chi connectivity index (χ0v) is 24.0. The molecule has 0 bridgehead atoms. The number of carbonyl (C=O) groups excluding carboxylic acids is 1. The van der Waals surface area contributed by atoms with Gasteiger partial charge in [0.1, 0.15) is 5.69 Å². The number of aromatic nitrogens is 4. The highest BCUT2D eigenvalue weighted by Gasteiger charge is 2.29. The minimum absolute atomic E-state index is 0.280. The fourth-order valence-electron chi connectivity index (χ4n) is 4.92. The molecule has 1 amide bonds. The number of nitrogens with one attached hydrogen (secondary N) is 3. The Morgan fingerprint density at radius 2 is 2.00 bits per heavy atom. The number of hydrogen-bond acceptors (Lipinski definition) is 11. The van der Waals surface area contributed by atoms with Gasteiger partial charge in [-0.25, -0.2) is 18.4 Å². The average molecular weight is 587 g/mol. The second-order valence-corrected chi connectivity index (χ2v) is 12.8. The third-order valence-electron chi connectivity index (χ3n) is 6.95. The van der Waals surface area contributed by atoms with Gasteiger partial charge in [-0.2, -0.15) is 0 Å². The normalized spacial score (nSPS) is 17.4. The molecule has 0 spiro atoms. The summed E-state index contributed by atoms with van der Waals surface area (Å²) < 4.78 is 34.0. The van der Waals surface area contributed by atoms with Crippen LogP contribution < -0.4 is 20.1 Å². The highest BCUT2D eigenvalue weighted by atomic mass is 32.2. The van der Waals surface area contributed by atoms with Crippen LogP contribution in [0, 0.1) is 0 Å². The van der Waals surface area contributed by atoms with E-state index in [9.17, 15) is 13.2 Å². The molecule has 0 aromatic carbocycles. The molecule has 1 aliphatic heterocycles. The lowest BCUT2D eigenvalue weighted by atomic mass is 10.1. The summed E-state index contributed by atoms with van der Waals surface area (Å²) in [7, 11) is -3.49. The van der Waals surface area contributed by atoms with Gasteiger partial charge in [0.25, 0.3) is 5.91 Å². The van der Waals surface area contributed by atoms with E-state index in [0.717, 1.165) is 39.0 Å². The Hall–Kier alpha value is -3.20. The molecule has 214 valence electrons. The maximum Gasteiger partial charge on any atom is 0.280 e. The van der Waals surface area contributed by atoms with Crippen LogP contribution in [0.5, 0.6) is 5.88 Å². The number of piperazine rings is 1. The van der Waals surface area contributed by atoms with E-state index in [2.05, 4.69) is 40.2 Å². The first-order valence-corrected chi connectivity index (χ1v) is 15.9. The van der Waals surface area contributed by atoms with Crippen molar-refractivity contribution in [3.05, 3.63) is 47.6 Å². The van der Waals surface area contributed by atoms with Crippen LogP contribution in [-0.2, 0) is 10.0 Å². The van der Waals surface area contributed by atoms with E-state index in [1.807, 2.05) is 6.92 Å². The summed E-state index contributed by atoms with van der Waals surface area (Å²) in [4.78, 5) is 33.8. The van der Waals surface area contributed by atoms with E-state index in [1.165, 1.54) is 17.5 Å². The molecular formula is C26H34N8O4S2. The van der Waals surface area contributed by atoms with Crippen molar-refractivity contribution in [3.8, 4) is 16.5 Å². The third kappa shape index (κ3) is 7.11. The van der Waals surface area contributed by atoms with Crippen LogP contribution in [0.4, 0.5) is 5.69 Å². The van der Waals surface area contributed by atoms with Gasteiger partial charge in [0.2, 0.25) is 15.9 Å². The van der Waals surface area contributed by atoms with Crippen LogP contribution in [-0.4, -0.2) is 83.7 Å². The topological polar surface area (TPSA) is 151 Å². The van der Waals surface area contributed by atoms with E-state index < -0.39 is 16.1 Å². The summed E-state index contributed by atoms with van der Waals surface area (Å²) in [5.41, 5.74) is 1.59. The van der Waals surface area contributed by atoms with Crippen molar-refractivity contribution in [1.29, 1.82) is 0 Å². The van der Waals surface area contributed by atoms with E-state index in [1.54, 1.807) is 30.7 Å². The Balaban J connectivity index is 1.34. The van der Waals surface area contributed by atoms with Crippen LogP contribution in [0.25, 0.3) is 10.6 Å². The molecule has 3 N–H and O–H groups in total. The Kier molecular flexibility index (Phi) is 9.19. The molecular weight excluding hydrogens is 552 g/mol. The largest absolute Gasteiger partial charge is 0.477 e. The lowest BCUT2D eigenvalue weighted by Crippen LogP contribution is -2.47. The maximum atomic E-state index is 13.4. The van der Waals surface area contributed by atoms with Crippen molar-refractivity contribution in [1.82, 2.24) is 35.5 Å². The molecule has 2 fully saturated rings. The number of pyridine rings is 1. The van der Waals surface area contributed by atoms with Crippen LogP contribution in [0.2, 0.25) is 0 Å². The first-order chi connectivity index (χ1) is 19.4. The predicted molar refractivity (Wildman–Crippen MR) is 153 cm³/mol. The van der Waals surface area contributed by atoms with Gasteiger partial charge in [-0.05, 0) is 31.9 Å². The Bertz CT molecular complexity index is 1400. The fraction of sp³-hybridized carbons (Fsp3) is 0.500. The standard InChI is InChI=1S/C26H34N8O4S2/c1-2-38-24-16-28-14-21(31-24)23-15-30-26(39-23)25(35)32-22(17-34-11-9-27-10-12-34)20-13-18(7-8-29-20)33-40(36,37)19-5-3-4-6-19/h7-8,13-16,19,22,27H,2-6,9-12,17H2,1H3,(H,29,33)(H,32,35). The number of hydrogen-bond donors (Lipinski definition) is 3. The molecule has 0 radical (unpaired) electrons. The minimum Gasteiger partial charge on any atom is -0.477 e. The Labute approximate surface area is 238 Å². The van der Waals surface area contributed by atoms with Crippen molar-refractivity contribution < 1.29 is 17.9 Å². The molecule has 40 heavy (non-hydrogen) atoms. The van der Waals surface area contributed by atoms with Crippen LogP contribution in [0.15, 0.2) is 36.9 Å². The second kappa shape index (κ2) is 13.0. The smallest absolute Gasteiger partial charge is 0.280 e. The molecule has 14 heteroatoms. The summed E-state index contributed by atoms with van der Waals surface area (Å²) >= 11 is 1.21. The zero-order valence-electron chi connectivity index (χ0n) is 22.4. The lowest BCUT2D eigenvalue weighted by molar-refractivity contribution is 0.0920. The summed E-state index contributed by atoms with van der Waals surface area (Å²) in [6.45, 7) is 6.24. The molecule has 1 saturated carbocycles. The summed E-state index contributed by atoms with van der Waals surface area (Å²) in [5.74, 6) is 0.0639. The number of nitrogens with zero attached hydrogens (tertiary/aromatic N) is 5. The number of rotatable bonds is 11. The summed E-state index contributed by atoms with van der Waals surface area (Å²) in [6.07, 6.45) is 9.51. The molecule has 1 aliphatic carbocycles. The maximum absolute atomic E-state index is 13.4. The Morgan fingerprint density at radius 3 is 2.77 bits per heavy atom. The molecule has 5 rings (SSSR count). The number of sulfonamides is 1. The first kappa shape index (κ1) is 28.3. The van der Waals surface area contributed by atoms with E-state index in [-0.39, 0.29) is 16.2 Å². The zero-order chi connectivity index (χ0) is 28.0. The van der Waals surface area contributed by atoms with E-state index in [0.29, 0.717) is 53.8 Å². The van der Waals surface area contributed by atoms with Gasteiger partial charge in [-0.1, -0.05) is 12.8 Å². The van der Waals surface area contributed by atoms with E-state index >= 15 is 0 Å². The molecule has 2 aliphatic rings. The van der Waals surface area contributed by atoms with Crippen molar-refractivity contribution in [2.24, 2.45) is 0 Å². The molecule has 4 heterocycles. The van der Waals surface area contributed by atoms with Gasteiger partial charge >= 0.3 is 0 Å². The highest BCUT2D eigenvalue weighted by molar-refractivity contribution is 7.93. The van der Waals surface area contributed by atoms with Crippen molar-refractivity contribution in [3.63, 3.8) is 0 Å².